The lowest BCUT2D eigenvalue weighted by molar-refractivity contribution is 0.0677. The zero-order valence-electron chi connectivity index (χ0n) is 12.6. The summed E-state index contributed by atoms with van der Waals surface area (Å²) in [6.45, 7) is 3.42. The molecule has 1 fully saturated rings. The minimum atomic E-state index is -0.0754. The summed E-state index contributed by atoms with van der Waals surface area (Å²) < 4.78 is 5.24. The second kappa shape index (κ2) is 8.25. The SMILES string of the molecule is COc1cc(Cl)c(Cl)cc1C(=O)N1CCC(C(C)N)CC1.Cl. The highest BCUT2D eigenvalue weighted by atomic mass is 35.5. The van der Waals surface area contributed by atoms with Crippen molar-refractivity contribution in [3.8, 4) is 5.75 Å². The maximum atomic E-state index is 12.6. The van der Waals surface area contributed by atoms with Gasteiger partial charge in [0.15, 0.2) is 0 Å². The molecule has 1 saturated heterocycles. The third-order valence-electron chi connectivity index (χ3n) is 4.04. The van der Waals surface area contributed by atoms with E-state index in [9.17, 15) is 4.79 Å². The number of nitrogens with two attached hydrogens (primary N) is 1. The lowest BCUT2D eigenvalue weighted by atomic mass is 9.90. The van der Waals surface area contributed by atoms with Crippen molar-refractivity contribution in [3.05, 3.63) is 27.7 Å². The van der Waals surface area contributed by atoms with Crippen LogP contribution in [0.3, 0.4) is 0 Å². The Morgan fingerprint density at radius 1 is 1.32 bits per heavy atom. The summed E-state index contributed by atoms with van der Waals surface area (Å²) in [7, 11) is 1.51. The molecule has 1 heterocycles. The van der Waals surface area contributed by atoms with Crippen LogP contribution in [0.15, 0.2) is 12.1 Å². The molecule has 4 nitrogen and oxygen atoms in total. The van der Waals surface area contributed by atoms with Crippen LogP contribution in [0.1, 0.15) is 30.1 Å². The van der Waals surface area contributed by atoms with Gasteiger partial charge in [0.2, 0.25) is 0 Å². The number of carbonyl (C=O) groups is 1. The fourth-order valence-corrected chi connectivity index (χ4v) is 2.98. The second-order valence-electron chi connectivity index (χ2n) is 5.46. The van der Waals surface area contributed by atoms with Gasteiger partial charge in [0.25, 0.3) is 5.91 Å². The van der Waals surface area contributed by atoms with Crippen LogP contribution in [0, 0.1) is 5.92 Å². The van der Waals surface area contributed by atoms with E-state index < -0.39 is 0 Å². The number of halogens is 3. The number of likely N-dealkylation sites (tertiary alicyclic amines) is 1. The van der Waals surface area contributed by atoms with Crippen molar-refractivity contribution in [2.24, 2.45) is 11.7 Å². The van der Waals surface area contributed by atoms with Gasteiger partial charge in [0.05, 0.1) is 22.7 Å². The van der Waals surface area contributed by atoms with Crippen LogP contribution < -0.4 is 10.5 Å². The molecule has 1 aromatic rings. The Morgan fingerprint density at radius 2 is 1.86 bits per heavy atom. The summed E-state index contributed by atoms with van der Waals surface area (Å²) in [5, 5.41) is 0.729. The predicted molar refractivity (Wildman–Crippen MR) is 92.5 cm³/mol. The summed E-state index contributed by atoms with van der Waals surface area (Å²) in [6, 6.07) is 3.32. The first kappa shape index (κ1) is 19.4. The van der Waals surface area contributed by atoms with E-state index in [0.29, 0.717) is 40.4 Å². The summed E-state index contributed by atoms with van der Waals surface area (Å²) in [6.07, 6.45) is 1.85. The van der Waals surface area contributed by atoms with Crippen molar-refractivity contribution < 1.29 is 9.53 Å². The Balaban J connectivity index is 0.00000242. The molecule has 0 aliphatic carbocycles. The van der Waals surface area contributed by atoms with E-state index in [1.165, 1.54) is 7.11 Å². The summed E-state index contributed by atoms with van der Waals surface area (Å²) in [5.41, 5.74) is 6.38. The molecule has 22 heavy (non-hydrogen) atoms. The number of piperidine rings is 1. The molecule has 2 rings (SSSR count). The normalized spacial score (nSPS) is 16.9. The van der Waals surface area contributed by atoms with E-state index in [2.05, 4.69) is 0 Å². The van der Waals surface area contributed by atoms with Gasteiger partial charge in [0, 0.05) is 25.2 Å². The van der Waals surface area contributed by atoms with Crippen LogP contribution in [0.2, 0.25) is 10.0 Å². The molecule has 1 aliphatic rings. The molecule has 1 amide bonds. The van der Waals surface area contributed by atoms with Crippen molar-refractivity contribution in [1.29, 1.82) is 0 Å². The van der Waals surface area contributed by atoms with Crippen molar-refractivity contribution in [2.45, 2.75) is 25.8 Å². The fourth-order valence-electron chi connectivity index (χ4n) is 2.66. The zero-order chi connectivity index (χ0) is 15.6. The molecule has 124 valence electrons. The number of benzene rings is 1. The van der Waals surface area contributed by atoms with Gasteiger partial charge in [-0.15, -0.1) is 12.4 Å². The van der Waals surface area contributed by atoms with E-state index in [1.807, 2.05) is 11.8 Å². The average Bonchev–Trinajstić information content (AvgIpc) is 2.49. The summed E-state index contributed by atoms with van der Waals surface area (Å²) >= 11 is 12.0. The molecule has 1 aliphatic heterocycles. The third kappa shape index (κ3) is 4.19. The molecule has 1 aromatic carbocycles. The largest absolute Gasteiger partial charge is 0.496 e. The number of carbonyl (C=O) groups excluding carboxylic acids is 1. The number of amides is 1. The lowest BCUT2D eigenvalue weighted by Crippen LogP contribution is -2.42. The Hall–Kier alpha value is -0.680. The monoisotopic (exact) mass is 366 g/mol. The Kier molecular flexibility index (Phi) is 7.26. The van der Waals surface area contributed by atoms with Crippen molar-refractivity contribution in [1.82, 2.24) is 4.90 Å². The highest BCUT2D eigenvalue weighted by Gasteiger charge is 2.27. The number of ether oxygens (including phenoxy) is 1. The molecule has 0 saturated carbocycles. The van der Waals surface area contributed by atoms with Crippen LogP contribution in [0.25, 0.3) is 0 Å². The first-order valence-corrected chi connectivity index (χ1v) is 7.77. The Bertz CT molecular complexity index is 530. The lowest BCUT2D eigenvalue weighted by Gasteiger charge is -2.34. The van der Waals surface area contributed by atoms with Crippen LogP contribution in [-0.2, 0) is 0 Å². The summed E-state index contributed by atoms with van der Waals surface area (Å²) in [4.78, 5) is 14.5. The van der Waals surface area contributed by atoms with Crippen molar-refractivity contribution in [3.63, 3.8) is 0 Å². The maximum absolute atomic E-state index is 12.6. The minimum absolute atomic E-state index is 0. The highest BCUT2D eigenvalue weighted by Crippen LogP contribution is 2.32. The Labute approximate surface area is 147 Å². The molecular weight excluding hydrogens is 347 g/mol. The number of rotatable bonds is 3. The minimum Gasteiger partial charge on any atom is -0.496 e. The molecule has 2 N–H and O–H groups in total. The number of nitrogens with zero attached hydrogens (tertiary/aromatic N) is 1. The zero-order valence-corrected chi connectivity index (χ0v) is 15.0. The van der Waals surface area contributed by atoms with E-state index in [0.717, 1.165) is 12.8 Å². The maximum Gasteiger partial charge on any atom is 0.257 e. The van der Waals surface area contributed by atoms with Gasteiger partial charge in [-0.1, -0.05) is 23.2 Å². The van der Waals surface area contributed by atoms with Gasteiger partial charge in [-0.25, -0.2) is 0 Å². The molecule has 0 bridgehead atoms. The van der Waals surface area contributed by atoms with Crippen LogP contribution >= 0.6 is 35.6 Å². The highest BCUT2D eigenvalue weighted by molar-refractivity contribution is 6.42. The van der Waals surface area contributed by atoms with E-state index in [-0.39, 0.29) is 24.4 Å². The number of methoxy groups -OCH3 is 1. The van der Waals surface area contributed by atoms with Crippen LogP contribution in [0.4, 0.5) is 0 Å². The molecule has 0 aromatic heterocycles. The molecule has 7 heteroatoms. The number of hydrogen-bond donors (Lipinski definition) is 1. The van der Waals surface area contributed by atoms with E-state index >= 15 is 0 Å². The predicted octanol–water partition coefficient (Wildman–Crippen LogP) is 3.62. The van der Waals surface area contributed by atoms with Gasteiger partial charge in [-0.05, 0) is 31.7 Å². The third-order valence-corrected chi connectivity index (χ3v) is 4.77. The quantitative estimate of drug-likeness (QED) is 0.887. The van der Waals surface area contributed by atoms with Gasteiger partial charge in [-0.2, -0.15) is 0 Å². The van der Waals surface area contributed by atoms with E-state index in [4.69, 9.17) is 33.7 Å². The first-order chi connectivity index (χ1) is 9.93. The molecule has 0 radical (unpaired) electrons. The molecule has 1 atom stereocenters. The smallest absolute Gasteiger partial charge is 0.257 e. The van der Waals surface area contributed by atoms with E-state index in [1.54, 1.807) is 12.1 Å². The van der Waals surface area contributed by atoms with Crippen molar-refractivity contribution in [2.75, 3.05) is 20.2 Å². The fraction of sp³-hybridized carbons (Fsp3) is 0.533. The molecule has 0 spiro atoms. The van der Waals surface area contributed by atoms with Crippen LogP contribution in [-0.4, -0.2) is 37.0 Å². The van der Waals surface area contributed by atoms with Gasteiger partial charge < -0.3 is 15.4 Å². The second-order valence-corrected chi connectivity index (χ2v) is 6.27. The van der Waals surface area contributed by atoms with Crippen LogP contribution in [0.5, 0.6) is 5.75 Å². The van der Waals surface area contributed by atoms with Gasteiger partial charge in [0.1, 0.15) is 5.75 Å². The van der Waals surface area contributed by atoms with Gasteiger partial charge in [-0.3, -0.25) is 4.79 Å². The standard InChI is InChI=1S/C15H20Cl2N2O2.ClH/c1-9(18)10-3-5-19(6-4-10)15(20)11-7-12(16)13(17)8-14(11)21-2;/h7-10H,3-6,18H2,1-2H3;1H. The Morgan fingerprint density at radius 3 is 2.36 bits per heavy atom. The average molecular weight is 368 g/mol. The first-order valence-electron chi connectivity index (χ1n) is 7.02. The van der Waals surface area contributed by atoms with Gasteiger partial charge >= 0.3 is 0 Å². The summed E-state index contributed by atoms with van der Waals surface area (Å²) in [5.74, 6) is 0.849. The topological polar surface area (TPSA) is 55.6 Å². The molecular formula is C15H21Cl3N2O2. The molecule has 1 unspecified atom stereocenters. The number of hydrogen-bond acceptors (Lipinski definition) is 3. The van der Waals surface area contributed by atoms with Crippen molar-refractivity contribution >= 4 is 41.5 Å².